The summed E-state index contributed by atoms with van der Waals surface area (Å²) < 4.78 is 0. The minimum atomic E-state index is -0.591. The molecule has 5 heteroatoms. The Morgan fingerprint density at radius 1 is 1.59 bits per heavy atom. The number of hydrogen-bond donors (Lipinski definition) is 1. The van der Waals surface area contributed by atoms with Gasteiger partial charge in [0.05, 0.1) is 18.1 Å². The van der Waals surface area contributed by atoms with Crippen molar-refractivity contribution in [3.05, 3.63) is 34.7 Å². The van der Waals surface area contributed by atoms with Crippen LogP contribution in [0.25, 0.3) is 0 Å². The number of hydrogen-bond acceptors (Lipinski definition) is 5. The molecular weight excluding hydrogens is 294 g/mol. The molecule has 0 aromatic heterocycles. The molecule has 22 heavy (non-hydrogen) atoms. The van der Waals surface area contributed by atoms with Crippen molar-refractivity contribution in [1.82, 2.24) is 4.90 Å². The SMILES string of the molecule is CC/C=C1/C=C(CCC)N=C2SC=C(C3CC3(C#N)CO)N21. The predicted molar refractivity (Wildman–Crippen MR) is 89.6 cm³/mol. The van der Waals surface area contributed by atoms with Crippen molar-refractivity contribution in [2.75, 3.05) is 6.61 Å². The molecule has 1 fully saturated rings. The first-order chi connectivity index (χ1) is 10.7. The normalized spacial score (nSPS) is 31.4. The van der Waals surface area contributed by atoms with Gasteiger partial charge in [-0.15, -0.1) is 0 Å². The van der Waals surface area contributed by atoms with Crippen LogP contribution in [0.5, 0.6) is 0 Å². The molecule has 1 saturated carbocycles. The average molecular weight is 315 g/mol. The van der Waals surface area contributed by atoms with Gasteiger partial charge in [-0.2, -0.15) is 5.26 Å². The summed E-state index contributed by atoms with van der Waals surface area (Å²) in [6.45, 7) is 4.22. The van der Waals surface area contributed by atoms with E-state index in [1.807, 2.05) is 0 Å². The second-order valence-electron chi connectivity index (χ2n) is 6.00. The maximum atomic E-state index is 9.53. The highest BCUT2D eigenvalue weighted by atomic mass is 32.2. The summed E-state index contributed by atoms with van der Waals surface area (Å²) in [6, 6.07) is 2.30. The lowest BCUT2D eigenvalue weighted by Crippen LogP contribution is -2.28. The molecule has 0 spiro atoms. The second-order valence-corrected chi connectivity index (χ2v) is 6.83. The fourth-order valence-corrected chi connectivity index (χ4v) is 4.05. The summed E-state index contributed by atoms with van der Waals surface area (Å²) in [4.78, 5) is 6.93. The van der Waals surface area contributed by atoms with E-state index in [1.54, 1.807) is 11.8 Å². The summed E-state index contributed by atoms with van der Waals surface area (Å²) >= 11 is 1.62. The van der Waals surface area contributed by atoms with Crippen LogP contribution in [-0.2, 0) is 0 Å². The third-order valence-corrected chi connectivity index (χ3v) is 5.25. The predicted octanol–water partition coefficient (Wildman–Crippen LogP) is 3.75. The molecule has 0 aromatic carbocycles. The highest BCUT2D eigenvalue weighted by Gasteiger charge is 2.59. The maximum absolute atomic E-state index is 9.53. The Bertz CT molecular complexity index is 641. The molecule has 3 aliphatic rings. The lowest BCUT2D eigenvalue weighted by atomic mass is 10.0. The molecular formula is C17H21N3OS. The minimum Gasteiger partial charge on any atom is -0.395 e. The zero-order valence-electron chi connectivity index (χ0n) is 13.0. The van der Waals surface area contributed by atoms with E-state index in [-0.39, 0.29) is 12.5 Å². The molecule has 2 heterocycles. The number of rotatable bonds is 5. The van der Waals surface area contributed by atoms with Gasteiger partial charge in [-0.25, -0.2) is 4.99 Å². The van der Waals surface area contributed by atoms with E-state index in [9.17, 15) is 10.4 Å². The Labute approximate surface area is 135 Å². The molecule has 0 radical (unpaired) electrons. The zero-order chi connectivity index (χ0) is 15.7. The number of fused-ring (bicyclic) bond motifs is 1. The van der Waals surface area contributed by atoms with Crippen molar-refractivity contribution in [3.8, 4) is 6.07 Å². The number of amidine groups is 1. The fourth-order valence-electron chi connectivity index (χ4n) is 3.06. The Morgan fingerprint density at radius 2 is 2.41 bits per heavy atom. The summed E-state index contributed by atoms with van der Waals surface area (Å²) in [5, 5.41) is 22.0. The lowest BCUT2D eigenvalue weighted by molar-refractivity contribution is 0.236. The molecule has 0 amide bonds. The molecule has 1 N–H and O–H groups in total. The third-order valence-electron chi connectivity index (χ3n) is 4.40. The van der Waals surface area contributed by atoms with Gasteiger partial charge in [0, 0.05) is 23.0 Å². The van der Waals surface area contributed by atoms with E-state index in [0.717, 1.165) is 47.9 Å². The van der Waals surface area contributed by atoms with Crippen LogP contribution in [0.4, 0.5) is 0 Å². The first-order valence-corrected chi connectivity index (χ1v) is 8.75. The maximum Gasteiger partial charge on any atom is 0.177 e. The van der Waals surface area contributed by atoms with Crippen molar-refractivity contribution in [2.45, 2.75) is 39.5 Å². The highest BCUT2D eigenvalue weighted by Crippen LogP contribution is 2.59. The van der Waals surface area contributed by atoms with E-state index in [4.69, 9.17) is 4.99 Å². The molecule has 0 bridgehead atoms. The van der Waals surface area contributed by atoms with Crippen LogP contribution in [0, 0.1) is 22.7 Å². The molecule has 3 rings (SSSR count). The first kappa shape index (κ1) is 15.4. The standard InChI is InChI=1S/C17H21N3OS/c1-3-5-12-7-13(6-4-2)20-15(9-22-16(20)19-12)14-8-17(14,10-18)11-21/h6-7,9,14,21H,3-5,8,11H2,1-2H3/b13-6-. The van der Waals surface area contributed by atoms with Gasteiger partial charge in [0.2, 0.25) is 0 Å². The number of aliphatic hydroxyl groups excluding tert-OH is 1. The minimum absolute atomic E-state index is 0.0692. The number of nitrogens with zero attached hydrogens (tertiary/aromatic N) is 3. The van der Waals surface area contributed by atoms with Gasteiger partial charge in [-0.1, -0.05) is 38.1 Å². The van der Waals surface area contributed by atoms with E-state index in [1.165, 1.54) is 0 Å². The van der Waals surface area contributed by atoms with Gasteiger partial charge >= 0.3 is 0 Å². The lowest BCUT2D eigenvalue weighted by Gasteiger charge is -2.28. The fraction of sp³-hybridized carbons (Fsp3) is 0.529. The molecule has 0 aromatic rings. The molecule has 2 aliphatic heterocycles. The van der Waals surface area contributed by atoms with Crippen LogP contribution in [0.2, 0.25) is 0 Å². The van der Waals surface area contributed by atoms with Gasteiger partial charge in [0.15, 0.2) is 5.17 Å². The number of thioether (sulfide) groups is 1. The van der Waals surface area contributed by atoms with Gasteiger partial charge in [-0.3, -0.25) is 4.90 Å². The van der Waals surface area contributed by atoms with Gasteiger partial charge in [-0.05, 0) is 30.7 Å². The van der Waals surface area contributed by atoms with Gasteiger partial charge < -0.3 is 5.11 Å². The Balaban J connectivity index is 1.89. The van der Waals surface area contributed by atoms with Crippen LogP contribution in [-0.4, -0.2) is 21.8 Å². The Morgan fingerprint density at radius 3 is 3.00 bits per heavy atom. The molecule has 0 saturated heterocycles. The molecule has 2 unspecified atom stereocenters. The molecule has 116 valence electrons. The van der Waals surface area contributed by atoms with E-state index in [0.29, 0.717) is 0 Å². The number of allylic oxidation sites excluding steroid dienone is 4. The van der Waals surface area contributed by atoms with Crippen LogP contribution in [0.3, 0.4) is 0 Å². The van der Waals surface area contributed by atoms with Crippen LogP contribution < -0.4 is 0 Å². The van der Waals surface area contributed by atoms with Gasteiger partial charge in [0.25, 0.3) is 0 Å². The zero-order valence-corrected chi connectivity index (χ0v) is 13.9. The van der Waals surface area contributed by atoms with E-state index >= 15 is 0 Å². The van der Waals surface area contributed by atoms with Crippen molar-refractivity contribution >= 4 is 16.9 Å². The topological polar surface area (TPSA) is 59.6 Å². The van der Waals surface area contributed by atoms with Crippen molar-refractivity contribution in [3.63, 3.8) is 0 Å². The Kier molecular flexibility index (Phi) is 4.16. The van der Waals surface area contributed by atoms with Crippen molar-refractivity contribution < 1.29 is 5.11 Å². The highest BCUT2D eigenvalue weighted by molar-refractivity contribution is 8.16. The largest absolute Gasteiger partial charge is 0.395 e. The summed E-state index contributed by atoms with van der Waals surface area (Å²) in [5.41, 5.74) is 2.81. The van der Waals surface area contributed by atoms with E-state index in [2.05, 4.69) is 42.4 Å². The molecule has 4 nitrogen and oxygen atoms in total. The van der Waals surface area contributed by atoms with Crippen LogP contribution in [0.1, 0.15) is 39.5 Å². The Hall–Kier alpha value is -1.51. The second kappa shape index (κ2) is 5.94. The summed E-state index contributed by atoms with van der Waals surface area (Å²) in [7, 11) is 0. The first-order valence-electron chi connectivity index (χ1n) is 7.87. The quantitative estimate of drug-likeness (QED) is 0.839. The van der Waals surface area contributed by atoms with E-state index < -0.39 is 5.41 Å². The van der Waals surface area contributed by atoms with Crippen molar-refractivity contribution in [2.24, 2.45) is 16.3 Å². The van der Waals surface area contributed by atoms with Crippen LogP contribution in [0.15, 0.2) is 39.6 Å². The monoisotopic (exact) mass is 315 g/mol. The number of aliphatic hydroxyl groups is 1. The third kappa shape index (κ3) is 2.41. The number of aliphatic imine (C=N–C) groups is 1. The molecule has 1 aliphatic carbocycles. The average Bonchev–Trinajstić information content (AvgIpc) is 3.11. The number of nitriles is 1. The smallest absolute Gasteiger partial charge is 0.177 e. The van der Waals surface area contributed by atoms with Gasteiger partial charge in [0.1, 0.15) is 0 Å². The summed E-state index contributed by atoms with van der Waals surface area (Å²) in [5.74, 6) is 0.115. The van der Waals surface area contributed by atoms with Crippen molar-refractivity contribution in [1.29, 1.82) is 5.26 Å². The van der Waals surface area contributed by atoms with Crippen LogP contribution >= 0.6 is 11.8 Å². The molecule has 2 atom stereocenters. The summed E-state index contributed by atoms with van der Waals surface area (Å²) in [6.07, 6.45) is 8.13.